The van der Waals surface area contributed by atoms with Crippen molar-refractivity contribution >= 4 is 5.97 Å². The molecule has 1 aromatic heterocycles. The molecule has 0 aliphatic heterocycles. The Morgan fingerprint density at radius 2 is 1.63 bits per heavy atom. The van der Waals surface area contributed by atoms with Crippen LogP contribution in [0.1, 0.15) is 103 Å². The summed E-state index contributed by atoms with van der Waals surface area (Å²) in [7, 11) is 0. The third-order valence-electron chi connectivity index (χ3n) is 7.44. The summed E-state index contributed by atoms with van der Waals surface area (Å²) in [6.45, 7) is 4.43. The maximum Gasteiger partial charge on any atom is 0.315 e. The fraction of sp³-hybridized carbons (Fsp3) is 0.600. The Kier molecular flexibility index (Phi) is 10.7. The maximum absolute atomic E-state index is 12.7. The van der Waals surface area contributed by atoms with E-state index < -0.39 is 0 Å². The highest BCUT2D eigenvalue weighted by Crippen LogP contribution is 2.42. The lowest BCUT2D eigenvalue weighted by Crippen LogP contribution is -2.31. The van der Waals surface area contributed by atoms with Gasteiger partial charge in [0.15, 0.2) is 0 Å². The SMILES string of the molecule is CCCCCCCC1(C#N)CCC(C(=O)Oc2ccc(-c3ccc(CCCCC)cc3)nn2)CC1. The molecular weight excluding hydrogens is 434 g/mol. The van der Waals surface area contributed by atoms with Crippen LogP contribution in [0.3, 0.4) is 0 Å². The Balaban J connectivity index is 1.47. The Hall–Kier alpha value is -2.74. The van der Waals surface area contributed by atoms with E-state index in [1.807, 2.05) is 6.07 Å². The van der Waals surface area contributed by atoms with Gasteiger partial charge in [0, 0.05) is 11.6 Å². The molecule has 1 aliphatic rings. The fourth-order valence-electron chi connectivity index (χ4n) is 5.03. The number of ether oxygens (including phenoxy) is 1. The van der Waals surface area contributed by atoms with E-state index in [1.54, 1.807) is 6.07 Å². The number of aryl methyl sites for hydroxylation is 1. The fourth-order valence-corrected chi connectivity index (χ4v) is 5.03. The third-order valence-corrected chi connectivity index (χ3v) is 7.44. The Morgan fingerprint density at radius 3 is 2.26 bits per heavy atom. The lowest BCUT2D eigenvalue weighted by atomic mass is 9.69. The van der Waals surface area contributed by atoms with Crippen molar-refractivity contribution in [1.29, 1.82) is 5.26 Å². The first kappa shape index (κ1) is 26.9. The number of aromatic nitrogens is 2. The van der Waals surface area contributed by atoms with E-state index in [0.29, 0.717) is 12.8 Å². The molecule has 0 saturated heterocycles. The lowest BCUT2D eigenvalue weighted by molar-refractivity contribution is -0.140. The molecule has 3 rings (SSSR count). The smallest absolute Gasteiger partial charge is 0.315 e. The van der Waals surface area contributed by atoms with Crippen molar-refractivity contribution in [2.45, 2.75) is 104 Å². The van der Waals surface area contributed by atoms with Gasteiger partial charge in [0.2, 0.25) is 5.88 Å². The molecule has 0 atom stereocenters. The summed E-state index contributed by atoms with van der Waals surface area (Å²) in [5.41, 5.74) is 2.84. The highest BCUT2D eigenvalue weighted by Gasteiger charge is 2.38. The van der Waals surface area contributed by atoms with E-state index in [1.165, 1.54) is 50.5 Å². The van der Waals surface area contributed by atoms with Crippen LogP contribution in [-0.4, -0.2) is 16.2 Å². The molecule has 35 heavy (non-hydrogen) atoms. The van der Waals surface area contributed by atoms with Gasteiger partial charge >= 0.3 is 5.97 Å². The second kappa shape index (κ2) is 14.0. The lowest BCUT2D eigenvalue weighted by Gasteiger charge is -2.34. The molecular formula is C30H41N3O2. The van der Waals surface area contributed by atoms with Gasteiger partial charge in [-0.2, -0.15) is 5.26 Å². The van der Waals surface area contributed by atoms with Crippen molar-refractivity contribution < 1.29 is 9.53 Å². The number of carbonyl (C=O) groups excluding carboxylic acids is 1. The van der Waals surface area contributed by atoms with Crippen molar-refractivity contribution in [3.05, 3.63) is 42.0 Å². The van der Waals surface area contributed by atoms with Crippen LogP contribution in [0.4, 0.5) is 0 Å². The van der Waals surface area contributed by atoms with E-state index in [9.17, 15) is 10.1 Å². The molecule has 1 aromatic carbocycles. The second-order valence-electron chi connectivity index (χ2n) is 10.2. The van der Waals surface area contributed by atoms with Gasteiger partial charge in [-0.3, -0.25) is 4.79 Å². The molecule has 0 bridgehead atoms. The average Bonchev–Trinajstić information content (AvgIpc) is 2.90. The molecule has 0 radical (unpaired) electrons. The first-order valence-electron chi connectivity index (χ1n) is 13.6. The van der Waals surface area contributed by atoms with Crippen LogP contribution in [0.5, 0.6) is 5.88 Å². The maximum atomic E-state index is 12.7. The van der Waals surface area contributed by atoms with E-state index in [4.69, 9.17) is 4.74 Å². The van der Waals surface area contributed by atoms with Gasteiger partial charge in [0.1, 0.15) is 0 Å². The van der Waals surface area contributed by atoms with Gasteiger partial charge in [0.25, 0.3) is 0 Å². The van der Waals surface area contributed by atoms with Crippen molar-refractivity contribution in [1.82, 2.24) is 10.2 Å². The van der Waals surface area contributed by atoms with Gasteiger partial charge in [-0.1, -0.05) is 83.1 Å². The number of carbonyl (C=O) groups is 1. The normalized spacial score (nSPS) is 19.7. The molecule has 0 amide bonds. The summed E-state index contributed by atoms with van der Waals surface area (Å²) < 4.78 is 5.55. The molecule has 1 heterocycles. The Morgan fingerprint density at radius 1 is 0.943 bits per heavy atom. The van der Waals surface area contributed by atoms with Gasteiger partial charge in [-0.15, -0.1) is 10.2 Å². The highest BCUT2D eigenvalue weighted by atomic mass is 16.5. The van der Waals surface area contributed by atoms with Crippen LogP contribution in [0.2, 0.25) is 0 Å². The number of unbranched alkanes of at least 4 members (excludes halogenated alkanes) is 6. The van der Waals surface area contributed by atoms with Gasteiger partial charge in [-0.25, -0.2) is 0 Å². The summed E-state index contributed by atoms with van der Waals surface area (Å²) in [6, 6.07) is 14.6. The number of nitriles is 1. The van der Waals surface area contributed by atoms with E-state index >= 15 is 0 Å². The van der Waals surface area contributed by atoms with Crippen molar-refractivity contribution in [2.75, 3.05) is 0 Å². The van der Waals surface area contributed by atoms with Crippen molar-refractivity contribution in [3.63, 3.8) is 0 Å². The monoisotopic (exact) mass is 475 g/mol. The number of esters is 1. The summed E-state index contributed by atoms with van der Waals surface area (Å²) >= 11 is 0. The molecule has 1 fully saturated rings. The molecule has 2 aromatic rings. The van der Waals surface area contributed by atoms with Crippen LogP contribution in [0.15, 0.2) is 36.4 Å². The minimum Gasteiger partial charge on any atom is -0.406 e. The van der Waals surface area contributed by atoms with Gasteiger partial charge in [-0.05, 0) is 56.6 Å². The number of hydrogen-bond acceptors (Lipinski definition) is 5. The topological polar surface area (TPSA) is 75.9 Å². The predicted octanol–water partition coefficient (Wildman–Crippen LogP) is 7.84. The van der Waals surface area contributed by atoms with E-state index in [-0.39, 0.29) is 23.2 Å². The standard InChI is InChI=1S/C30H41N3O2/c1-3-5-7-8-10-20-30(23-31)21-18-26(19-22-30)29(34)35-28-17-16-27(32-33-28)25-14-12-24(13-15-25)11-9-6-4-2/h12-17,26H,3-11,18-22H2,1-2H3. The number of hydrogen-bond donors (Lipinski definition) is 0. The first-order chi connectivity index (χ1) is 17.1. The second-order valence-corrected chi connectivity index (χ2v) is 10.2. The molecule has 188 valence electrons. The molecule has 1 aliphatic carbocycles. The Labute approximate surface area is 211 Å². The van der Waals surface area contributed by atoms with Crippen LogP contribution in [0.25, 0.3) is 11.3 Å². The summed E-state index contributed by atoms with van der Waals surface area (Å²) in [5.74, 6) is -0.181. The van der Waals surface area contributed by atoms with Crippen LogP contribution in [0, 0.1) is 22.7 Å². The number of rotatable bonds is 13. The zero-order valence-electron chi connectivity index (χ0n) is 21.6. The zero-order chi connectivity index (χ0) is 24.9. The van der Waals surface area contributed by atoms with Gasteiger partial charge in [0.05, 0.1) is 23.1 Å². The van der Waals surface area contributed by atoms with Crippen LogP contribution in [-0.2, 0) is 11.2 Å². The summed E-state index contributed by atoms with van der Waals surface area (Å²) in [4.78, 5) is 12.7. The quantitative estimate of drug-likeness (QED) is 0.218. The van der Waals surface area contributed by atoms with Crippen LogP contribution >= 0.6 is 0 Å². The van der Waals surface area contributed by atoms with Crippen molar-refractivity contribution in [2.24, 2.45) is 11.3 Å². The molecule has 0 unspecified atom stereocenters. The minimum absolute atomic E-state index is 0.168. The highest BCUT2D eigenvalue weighted by molar-refractivity contribution is 5.75. The third kappa shape index (κ3) is 8.16. The minimum atomic E-state index is -0.268. The number of nitrogens with zero attached hydrogens (tertiary/aromatic N) is 3. The van der Waals surface area contributed by atoms with Crippen molar-refractivity contribution in [3.8, 4) is 23.2 Å². The summed E-state index contributed by atoms with van der Waals surface area (Å²) in [5, 5.41) is 18.2. The molecule has 1 saturated carbocycles. The molecule has 5 nitrogen and oxygen atoms in total. The largest absolute Gasteiger partial charge is 0.406 e. The molecule has 0 N–H and O–H groups in total. The predicted molar refractivity (Wildman–Crippen MR) is 140 cm³/mol. The first-order valence-corrected chi connectivity index (χ1v) is 13.6. The summed E-state index contributed by atoms with van der Waals surface area (Å²) in [6.07, 6.45) is 14.7. The zero-order valence-corrected chi connectivity index (χ0v) is 21.6. The number of benzene rings is 1. The average molecular weight is 476 g/mol. The molecule has 0 spiro atoms. The van der Waals surface area contributed by atoms with Gasteiger partial charge < -0.3 is 4.74 Å². The van der Waals surface area contributed by atoms with E-state index in [0.717, 1.165) is 43.4 Å². The Bertz CT molecular complexity index is 939. The van der Waals surface area contributed by atoms with E-state index in [2.05, 4.69) is 54.4 Å². The molecule has 5 heteroatoms. The van der Waals surface area contributed by atoms with Crippen LogP contribution < -0.4 is 4.74 Å².